The van der Waals surface area contributed by atoms with Crippen molar-refractivity contribution in [1.29, 1.82) is 0 Å². The van der Waals surface area contributed by atoms with Gasteiger partial charge in [0.25, 0.3) is 0 Å². The zero-order valence-corrected chi connectivity index (χ0v) is 38.0. The Morgan fingerprint density at radius 3 is 1.17 bits per heavy atom. The molecule has 2 aliphatic rings. The molecule has 0 fully saturated rings. The van der Waals surface area contributed by atoms with Crippen molar-refractivity contribution < 1.29 is 37.0 Å². The molecular weight excluding hydrogens is 790 g/mol. The lowest BCUT2D eigenvalue weighted by Gasteiger charge is -2.29. The molecule has 0 saturated heterocycles. The summed E-state index contributed by atoms with van der Waals surface area (Å²) in [6.45, 7) is 20.3. The van der Waals surface area contributed by atoms with Crippen LogP contribution in [0.3, 0.4) is 0 Å². The van der Waals surface area contributed by atoms with Gasteiger partial charge in [0.1, 0.15) is 28.7 Å². The van der Waals surface area contributed by atoms with E-state index in [0.29, 0.717) is 46.8 Å². The van der Waals surface area contributed by atoms with Crippen molar-refractivity contribution in [2.75, 3.05) is 7.11 Å². The third-order valence-corrected chi connectivity index (χ3v) is 13.6. The lowest BCUT2D eigenvalue weighted by molar-refractivity contribution is 0.277. The number of benzene rings is 6. The van der Waals surface area contributed by atoms with Crippen LogP contribution in [0.4, 0.5) is 0 Å². The molecule has 0 aliphatic carbocycles. The van der Waals surface area contributed by atoms with E-state index in [1.165, 1.54) is 0 Å². The zero-order valence-electron chi connectivity index (χ0n) is 36.2. The molecule has 8 nitrogen and oxygen atoms in total. The van der Waals surface area contributed by atoms with E-state index in [1.807, 2.05) is 65.8 Å². The monoisotopic (exact) mass is 842 g/mol. The van der Waals surface area contributed by atoms with Crippen molar-refractivity contribution in [3.8, 4) is 51.4 Å². The molecular formula is C50H52O8P2. The van der Waals surface area contributed by atoms with Gasteiger partial charge in [0.05, 0.1) is 13.7 Å². The summed E-state index contributed by atoms with van der Waals surface area (Å²) in [6, 6.07) is 24.7. The van der Waals surface area contributed by atoms with Crippen LogP contribution in [0.1, 0.15) is 83.5 Å². The van der Waals surface area contributed by atoms with E-state index in [-0.39, 0.29) is 6.61 Å². The molecule has 0 aromatic heterocycles. The Bertz CT molecular complexity index is 2370. The lowest BCUT2D eigenvalue weighted by Crippen LogP contribution is -2.13. The highest BCUT2D eigenvalue weighted by Gasteiger charge is 2.35. The summed E-state index contributed by atoms with van der Waals surface area (Å²) in [6.07, 6.45) is 1.33. The van der Waals surface area contributed by atoms with Crippen LogP contribution >= 0.6 is 17.2 Å². The summed E-state index contributed by atoms with van der Waals surface area (Å²) in [5.74, 6) is 4.30. The van der Waals surface area contributed by atoms with Crippen LogP contribution in [0.2, 0.25) is 0 Å². The van der Waals surface area contributed by atoms with Gasteiger partial charge in [-0.15, -0.1) is 0 Å². The summed E-state index contributed by atoms with van der Waals surface area (Å²) in [5, 5.41) is 11.0. The van der Waals surface area contributed by atoms with Crippen LogP contribution in [0, 0.1) is 69.2 Å². The van der Waals surface area contributed by atoms with Crippen molar-refractivity contribution in [2.45, 2.75) is 88.7 Å². The number of methoxy groups -OCH3 is 1. The third-order valence-electron chi connectivity index (χ3n) is 11.7. The number of ether oxygens (including phenoxy) is 1. The van der Waals surface area contributed by atoms with Gasteiger partial charge in [-0.2, -0.15) is 0 Å². The summed E-state index contributed by atoms with van der Waals surface area (Å²) in [7, 11) is -2.59. The first-order valence-corrected chi connectivity index (χ1v) is 22.4. The predicted octanol–water partition coefficient (Wildman–Crippen LogP) is 13.3. The van der Waals surface area contributed by atoms with E-state index in [4.69, 9.17) is 31.9 Å². The van der Waals surface area contributed by atoms with Gasteiger partial charge < -0.3 is 37.0 Å². The van der Waals surface area contributed by atoms with E-state index in [1.54, 1.807) is 7.11 Å². The average Bonchev–Trinajstić information content (AvgIpc) is 3.20. The van der Waals surface area contributed by atoms with Gasteiger partial charge >= 0.3 is 17.2 Å². The molecule has 2 aliphatic heterocycles. The summed E-state index contributed by atoms with van der Waals surface area (Å²) in [4.78, 5) is 0. The highest BCUT2D eigenvalue weighted by molar-refractivity contribution is 7.43. The maximum absolute atomic E-state index is 11.0. The van der Waals surface area contributed by atoms with Gasteiger partial charge in [-0.05, 0) is 143 Å². The van der Waals surface area contributed by atoms with Crippen molar-refractivity contribution in [3.63, 3.8) is 0 Å². The standard InChI is InChI=1S/C50H52O8P2/c1-27-20-37(26-51)49(57-59-53-45-33(7)16-12-29(3)38(45)24-39-30(4)13-17-34(8)46(39)54-59)42(21-27)43-22-28(2)23-44(52-11)50(43)58-60-55-47-35(9)18-14-31(5)40(47)25-41-32(6)15-19-36(10)48(41)56-60/h12-23,51H,24-26H2,1-11H3. The van der Waals surface area contributed by atoms with E-state index < -0.39 is 17.2 Å². The Morgan fingerprint density at radius 2 is 0.800 bits per heavy atom. The summed E-state index contributed by atoms with van der Waals surface area (Å²) < 4.78 is 47.4. The van der Waals surface area contributed by atoms with Crippen LogP contribution in [-0.2, 0) is 19.4 Å². The van der Waals surface area contributed by atoms with E-state index in [9.17, 15) is 5.11 Å². The molecule has 6 aromatic carbocycles. The van der Waals surface area contributed by atoms with Gasteiger partial charge in [-0.25, -0.2) is 0 Å². The van der Waals surface area contributed by atoms with Crippen molar-refractivity contribution in [1.82, 2.24) is 0 Å². The predicted molar refractivity (Wildman–Crippen MR) is 241 cm³/mol. The van der Waals surface area contributed by atoms with Gasteiger partial charge in [0.15, 0.2) is 11.5 Å². The SMILES string of the molecule is COc1cc(C)cc(-c2cc(C)cc(CO)c2OP2Oc3c(C)ccc(C)c3Cc3c(C)ccc(C)c3O2)c1OP1Oc2c(C)ccc(C)c2Cc2c(C)ccc(C)c2O1. The van der Waals surface area contributed by atoms with Crippen LogP contribution in [-0.4, -0.2) is 12.2 Å². The van der Waals surface area contributed by atoms with E-state index in [0.717, 1.165) is 101 Å². The topological polar surface area (TPSA) is 84.8 Å². The Balaban J connectivity index is 1.29. The van der Waals surface area contributed by atoms with Gasteiger partial charge in [-0.1, -0.05) is 54.6 Å². The average molecular weight is 843 g/mol. The number of hydrogen-bond donors (Lipinski definition) is 1. The second kappa shape index (κ2) is 16.7. The van der Waals surface area contributed by atoms with Gasteiger partial charge in [-0.3, -0.25) is 0 Å². The Kier molecular flexibility index (Phi) is 11.5. The summed E-state index contributed by atoms with van der Waals surface area (Å²) >= 11 is 0. The third kappa shape index (κ3) is 7.78. The lowest BCUT2D eigenvalue weighted by atomic mass is 9.93. The van der Waals surface area contributed by atoms with Gasteiger partial charge in [0, 0.05) is 51.8 Å². The van der Waals surface area contributed by atoms with Crippen LogP contribution < -0.4 is 31.9 Å². The zero-order chi connectivity index (χ0) is 42.6. The molecule has 310 valence electrons. The molecule has 0 radical (unpaired) electrons. The molecule has 8 rings (SSSR count). The molecule has 10 heteroatoms. The quantitative estimate of drug-likeness (QED) is 0.159. The minimum absolute atomic E-state index is 0.292. The fourth-order valence-electron chi connectivity index (χ4n) is 8.13. The van der Waals surface area contributed by atoms with Crippen molar-refractivity contribution >= 4 is 17.2 Å². The second-order valence-electron chi connectivity index (χ2n) is 16.2. The molecule has 1 N–H and O–H groups in total. The van der Waals surface area contributed by atoms with Crippen molar-refractivity contribution in [3.05, 3.63) is 156 Å². The fraction of sp³-hybridized carbons (Fsp3) is 0.280. The number of aliphatic hydroxyl groups excluding tert-OH is 1. The minimum atomic E-state index is -2.11. The number of aryl methyl sites for hydroxylation is 10. The minimum Gasteiger partial charge on any atom is -0.493 e. The largest absolute Gasteiger partial charge is 0.530 e. The van der Waals surface area contributed by atoms with Crippen LogP contribution in [0.15, 0.2) is 72.8 Å². The molecule has 0 atom stereocenters. The molecule has 0 spiro atoms. The highest BCUT2D eigenvalue weighted by atomic mass is 31.2. The van der Waals surface area contributed by atoms with E-state index in [2.05, 4.69) is 76.2 Å². The number of rotatable bonds is 7. The molecule has 6 aromatic rings. The van der Waals surface area contributed by atoms with Crippen LogP contribution in [0.25, 0.3) is 11.1 Å². The first kappa shape index (κ1) is 41.5. The molecule has 60 heavy (non-hydrogen) atoms. The van der Waals surface area contributed by atoms with Gasteiger partial charge in [0.2, 0.25) is 0 Å². The van der Waals surface area contributed by atoms with E-state index >= 15 is 0 Å². The van der Waals surface area contributed by atoms with Crippen LogP contribution in [0.5, 0.6) is 40.2 Å². The molecule has 0 unspecified atom stereocenters. The molecule has 2 heterocycles. The summed E-state index contributed by atoms with van der Waals surface area (Å²) in [5.41, 5.74) is 16.6. The number of fused-ring (bicyclic) bond motifs is 4. The second-order valence-corrected chi connectivity index (χ2v) is 18.2. The first-order chi connectivity index (χ1) is 28.7. The highest BCUT2D eigenvalue weighted by Crippen LogP contribution is 2.57. The normalized spacial score (nSPS) is 13.7. The smallest absolute Gasteiger partial charge is 0.493 e. The molecule has 0 amide bonds. The Hall–Kier alpha value is -5.26. The molecule has 0 saturated carbocycles. The number of aliphatic hydroxyl groups is 1. The van der Waals surface area contributed by atoms with Crippen molar-refractivity contribution in [2.24, 2.45) is 0 Å². The first-order valence-electron chi connectivity index (χ1n) is 20.2. The maximum Gasteiger partial charge on any atom is 0.530 e. The molecule has 0 bridgehead atoms. The number of hydrogen-bond acceptors (Lipinski definition) is 8. The Morgan fingerprint density at radius 1 is 0.467 bits per heavy atom. The Labute approximate surface area is 356 Å². The maximum atomic E-state index is 11.0. The fourth-order valence-corrected chi connectivity index (χ4v) is 10.7.